The molecule has 8 heteroatoms. The predicted molar refractivity (Wildman–Crippen MR) is 104 cm³/mol. The summed E-state index contributed by atoms with van der Waals surface area (Å²) in [5.74, 6) is -2.97. The van der Waals surface area contributed by atoms with Gasteiger partial charge in [0, 0.05) is 21.7 Å². The summed E-state index contributed by atoms with van der Waals surface area (Å²) in [6, 6.07) is 6.79. The summed E-state index contributed by atoms with van der Waals surface area (Å²) in [5, 5.41) is 28.8. The molecule has 0 radical (unpaired) electrons. The normalized spacial score (nSPS) is 15.0. The maximum atomic E-state index is 11.5. The third kappa shape index (κ3) is 3.43. The summed E-state index contributed by atoms with van der Waals surface area (Å²) >= 11 is 5.74. The van der Waals surface area contributed by atoms with Crippen molar-refractivity contribution in [3.63, 3.8) is 0 Å². The lowest BCUT2D eigenvalue weighted by atomic mass is 9.89. The van der Waals surface area contributed by atoms with Gasteiger partial charge in [0.1, 0.15) is 17.3 Å². The van der Waals surface area contributed by atoms with E-state index in [9.17, 15) is 34.5 Å². The van der Waals surface area contributed by atoms with E-state index in [-0.39, 0.29) is 39.5 Å². The van der Waals surface area contributed by atoms with Crippen LogP contribution >= 0.6 is 11.6 Å². The summed E-state index contributed by atoms with van der Waals surface area (Å²) in [4.78, 5) is 45.5. The topological polar surface area (TPSA) is 129 Å². The summed E-state index contributed by atoms with van der Waals surface area (Å²) in [6.45, 7) is 1.42. The molecule has 3 N–H and O–H groups in total. The van der Waals surface area contributed by atoms with Gasteiger partial charge in [-0.05, 0) is 49.4 Å². The summed E-state index contributed by atoms with van der Waals surface area (Å²) < 4.78 is 0. The molecule has 0 aromatic heterocycles. The third-order valence-corrected chi connectivity index (χ3v) is 4.66. The van der Waals surface area contributed by atoms with Crippen molar-refractivity contribution in [2.75, 3.05) is 0 Å². The first-order valence-electron chi connectivity index (χ1n) is 8.24. The fourth-order valence-electron chi connectivity index (χ4n) is 2.91. The second-order valence-electron chi connectivity index (χ2n) is 6.24. The number of Topliss-reactive ketones (excluding diaryl/α,β-unsaturated/α-hetero) is 2. The first-order chi connectivity index (χ1) is 13.6. The van der Waals surface area contributed by atoms with Gasteiger partial charge < -0.3 is 15.3 Å². The van der Waals surface area contributed by atoms with E-state index in [0.29, 0.717) is 10.6 Å². The Kier molecular flexibility index (Phi) is 5.09. The van der Waals surface area contributed by atoms with Gasteiger partial charge in [0.05, 0.1) is 11.1 Å². The van der Waals surface area contributed by atoms with Crippen molar-refractivity contribution in [2.24, 2.45) is 0 Å². The van der Waals surface area contributed by atoms with E-state index in [0.717, 1.165) is 12.2 Å². The molecule has 2 aliphatic rings. The molecule has 2 aromatic rings. The Hall–Kier alpha value is -3.71. The van der Waals surface area contributed by atoms with Crippen LogP contribution in [0, 0.1) is 0 Å². The summed E-state index contributed by atoms with van der Waals surface area (Å²) in [6.07, 6.45) is 2.15. The largest absolute Gasteiger partial charge is 0.507 e. The number of phenolic OH excluding ortho intramolecular Hbond substituents is 2. The highest BCUT2D eigenvalue weighted by molar-refractivity contribution is 6.52. The molecule has 2 aromatic carbocycles. The molecule has 0 bridgehead atoms. The van der Waals surface area contributed by atoms with Crippen LogP contribution in [0.5, 0.6) is 11.5 Å². The molecule has 0 unspecified atom stereocenters. The molecule has 0 fully saturated rings. The first kappa shape index (κ1) is 20.0. The molecular formula is C21H13ClO7. The number of hydrogen-bond donors (Lipinski definition) is 3. The average molecular weight is 413 g/mol. The zero-order valence-electron chi connectivity index (χ0n) is 14.9. The molecule has 0 spiro atoms. The summed E-state index contributed by atoms with van der Waals surface area (Å²) in [7, 11) is 0. The van der Waals surface area contributed by atoms with Crippen LogP contribution in [-0.2, 0) is 4.79 Å². The number of phenols is 2. The van der Waals surface area contributed by atoms with Crippen molar-refractivity contribution >= 4 is 40.5 Å². The van der Waals surface area contributed by atoms with E-state index in [1.807, 2.05) is 0 Å². The molecule has 0 saturated carbocycles. The van der Waals surface area contributed by atoms with Crippen LogP contribution < -0.4 is 0 Å². The number of carbonyl (C=O) groups is 4. The van der Waals surface area contributed by atoms with Gasteiger partial charge in [0.2, 0.25) is 11.6 Å². The van der Waals surface area contributed by atoms with Crippen molar-refractivity contribution < 1.29 is 34.5 Å². The Labute approximate surface area is 169 Å². The molecule has 0 saturated heterocycles. The van der Waals surface area contributed by atoms with E-state index in [1.165, 1.54) is 37.3 Å². The zero-order chi connectivity index (χ0) is 21.5. The van der Waals surface area contributed by atoms with Crippen LogP contribution in [0.4, 0.5) is 0 Å². The predicted octanol–water partition coefficient (Wildman–Crippen LogP) is 3.43. The SMILES string of the molecule is CC1=C(O)c2cc(Cl)ccc2C(=O)C1=O.O=C1C=CC(=O)c2c(O)ccc(O)c21. The Bertz CT molecular complexity index is 1130. The Morgan fingerprint density at radius 3 is 1.76 bits per heavy atom. The number of hydrogen-bond acceptors (Lipinski definition) is 7. The van der Waals surface area contributed by atoms with Gasteiger partial charge in [-0.2, -0.15) is 0 Å². The zero-order valence-corrected chi connectivity index (χ0v) is 15.6. The van der Waals surface area contributed by atoms with Crippen molar-refractivity contribution in [3.8, 4) is 11.5 Å². The van der Waals surface area contributed by atoms with Gasteiger partial charge in [-0.25, -0.2) is 0 Å². The lowest BCUT2D eigenvalue weighted by molar-refractivity contribution is -0.111. The number of benzene rings is 2. The number of rotatable bonds is 0. The monoisotopic (exact) mass is 412 g/mol. The average Bonchev–Trinajstić information content (AvgIpc) is 2.70. The second-order valence-corrected chi connectivity index (χ2v) is 6.67. The van der Waals surface area contributed by atoms with Crippen molar-refractivity contribution in [1.29, 1.82) is 0 Å². The molecule has 2 aliphatic carbocycles. The number of aliphatic hydroxyl groups excluding tert-OH is 1. The van der Waals surface area contributed by atoms with Crippen molar-refractivity contribution in [2.45, 2.75) is 6.92 Å². The first-order valence-corrected chi connectivity index (χ1v) is 8.61. The molecule has 0 atom stereocenters. The van der Waals surface area contributed by atoms with E-state index in [4.69, 9.17) is 11.6 Å². The minimum absolute atomic E-state index is 0.0646. The number of carbonyl (C=O) groups excluding carboxylic acids is 4. The van der Waals surface area contributed by atoms with Crippen LogP contribution in [0.2, 0.25) is 5.02 Å². The minimum Gasteiger partial charge on any atom is -0.507 e. The Balaban J connectivity index is 0.000000166. The van der Waals surface area contributed by atoms with Crippen LogP contribution in [0.3, 0.4) is 0 Å². The van der Waals surface area contributed by atoms with Gasteiger partial charge in [0.15, 0.2) is 11.6 Å². The number of aromatic hydroxyl groups is 2. The van der Waals surface area contributed by atoms with Crippen molar-refractivity contribution in [3.05, 3.63) is 75.3 Å². The highest BCUT2D eigenvalue weighted by Gasteiger charge is 2.30. The fraction of sp³-hybridized carbons (Fsp3) is 0.0476. The van der Waals surface area contributed by atoms with Gasteiger partial charge in [0.25, 0.3) is 0 Å². The summed E-state index contributed by atoms with van der Waals surface area (Å²) in [5.41, 5.74) is 0.335. The molecule has 0 aliphatic heterocycles. The van der Waals surface area contributed by atoms with Gasteiger partial charge in [-0.3, -0.25) is 19.2 Å². The third-order valence-electron chi connectivity index (χ3n) is 4.42. The van der Waals surface area contributed by atoms with Crippen LogP contribution in [0.1, 0.15) is 43.6 Å². The molecule has 7 nitrogen and oxygen atoms in total. The second kappa shape index (κ2) is 7.37. The van der Waals surface area contributed by atoms with E-state index in [2.05, 4.69) is 0 Å². The van der Waals surface area contributed by atoms with Crippen LogP contribution in [-0.4, -0.2) is 38.5 Å². The Morgan fingerprint density at radius 1 is 0.724 bits per heavy atom. The van der Waals surface area contributed by atoms with Gasteiger partial charge in [-0.15, -0.1) is 0 Å². The van der Waals surface area contributed by atoms with Crippen LogP contribution in [0.25, 0.3) is 5.76 Å². The van der Waals surface area contributed by atoms with E-state index in [1.54, 1.807) is 0 Å². The van der Waals surface area contributed by atoms with Crippen molar-refractivity contribution in [1.82, 2.24) is 0 Å². The molecule has 0 amide bonds. The van der Waals surface area contributed by atoms with E-state index >= 15 is 0 Å². The fourth-order valence-corrected chi connectivity index (χ4v) is 3.08. The number of aliphatic hydroxyl groups is 1. The lowest BCUT2D eigenvalue weighted by Gasteiger charge is -2.15. The van der Waals surface area contributed by atoms with Crippen LogP contribution in [0.15, 0.2) is 48.1 Å². The lowest BCUT2D eigenvalue weighted by Crippen LogP contribution is -2.22. The number of fused-ring (bicyclic) bond motifs is 2. The number of allylic oxidation sites excluding steroid dienone is 3. The smallest absolute Gasteiger partial charge is 0.234 e. The molecule has 29 heavy (non-hydrogen) atoms. The quantitative estimate of drug-likeness (QED) is 0.446. The van der Waals surface area contributed by atoms with Gasteiger partial charge >= 0.3 is 0 Å². The molecule has 146 valence electrons. The highest BCUT2D eigenvalue weighted by atomic mass is 35.5. The molecule has 0 heterocycles. The van der Waals surface area contributed by atoms with E-state index < -0.39 is 23.1 Å². The minimum atomic E-state index is -0.665. The standard InChI is InChI=1S/C11H7ClO3.C10H6O4/c1-5-9(13)8-4-6(12)2-3-7(8)11(15)10(5)14;11-5-1-2-6(12)10-8(14)4-3-7(13)9(5)10/h2-4,13H,1H3;1-4,11-12H. The number of halogens is 1. The maximum Gasteiger partial charge on any atom is 0.234 e. The Morgan fingerprint density at radius 2 is 1.24 bits per heavy atom. The number of ketones is 4. The highest BCUT2D eigenvalue weighted by Crippen LogP contribution is 2.32. The van der Waals surface area contributed by atoms with Gasteiger partial charge in [-0.1, -0.05) is 11.6 Å². The maximum absolute atomic E-state index is 11.5. The molecule has 4 rings (SSSR count). The molecular weight excluding hydrogens is 400 g/mol.